The zero-order chi connectivity index (χ0) is 14.9. The van der Waals surface area contributed by atoms with Crippen molar-refractivity contribution in [2.75, 3.05) is 7.11 Å². The number of benzene rings is 1. The number of carbonyl (C=O) groups is 1. The van der Waals surface area contributed by atoms with Gasteiger partial charge in [-0.1, -0.05) is 0 Å². The lowest BCUT2D eigenvalue weighted by Crippen LogP contribution is -2.08. The third-order valence-corrected chi connectivity index (χ3v) is 2.81. The van der Waals surface area contributed by atoms with Crippen molar-refractivity contribution in [2.45, 2.75) is 13.1 Å². The molecule has 1 aromatic carbocycles. The van der Waals surface area contributed by atoms with Crippen molar-refractivity contribution < 1.29 is 27.1 Å². The molecule has 0 fully saturated rings. The number of aryl methyl sites for hydroxylation is 1. The Hall–Kier alpha value is -2.24. The molecule has 6 heteroatoms. The number of rotatable bonds is 3. The Kier molecular flexibility index (Phi) is 3.57. The number of ether oxygens (including phenoxy) is 1. The fourth-order valence-corrected chi connectivity index (χ4v) is 1.97. The third-order valence-electron chi connectivity index (χ3n) is 2.81. The van der Waals surface area contributed by atoms with Crippen molar-refractivity contribution in [3.05, 3.63) is 41.2 Å². The van der Waals surface area contributed by atoms with E-state index in [1.54, 1.807) is 0 Å². The van der Waals surface area contributed by atoms with Crippen LogP contribution in [-0.2, 0) is 6.18 Å². The SMILES string of the molecule is COc1c(C)cc(-c2ccc(C=O)o2)cc1C(F)(F)F. The van der Waals surface area contributed by atoms with Gasteiger partial charge in [0.1, 0.15) is 11.5 Å². The third kappa shape index (κ3) is 2.54. The van der Waals surface area contributed by atoms with E-state index in [1.807, 2.05) is 0 Å². The average Bonchev–Trinajstić information content (AvgIpc) is 2.85. The molecule has 1 aromatic heterocycles. The minimum atomic E-state index is -4.54. The minimum Gasteiger partial charge on any atom is -0.496 e. The molecule has 2 rings (SSSR count). The van der Waals surface area contributed by atoms with Crippen molar-refractivity contribution in [1.29, 1.82) is 0 Å². The molecule has 0 aliphatic heterocycles. The summed E-state index contributed by atoms with van der Waals surface area (Å²) in [7, 11) is 1.19. The highest BCUT2D eigenvalue weighted by Crippen LogP contribution is 2.40. The van der Waals surface area contributed by atoms with Crippen molar-refractivity contribution in [3.8, 4) is 17.1 Å². The van der Waals surface area contributed by atoms with Crippen LogP contribution in [0.3, 0.4) is 0 Å². The number of hydrogen-bond donors (Lipinski definition) is 0. The lowest BCUT2D eigenvalue weighted by molar-refractivity contribution is -0.138. The molecular formula is C14H11F3O3. The van der Waals surface area contributed by atoms with Crippen LogP contribution in [-0.4, -0.2) is 13.4 Å². The molecule has 0 amide bonds. The van der Waals surface area contributed by atoms with Crippen LogP contribution in [0.2, 0.25) is 0 Å². The van der Waals surface area contributed by atoms with Crippen molar-refractivity contribution in [1.82, 2.24) is 0 Å². The molecule has 2 aromatic rings. The van der Waals surface area contributed by atoms with E-state index < -0.39 is 11.7 Å². The summed E-state index contributed by atoms with van der Waals surface area (Å²) in [4.78, 5) is 10.6. The predicted octanol–water partition coefficient (Wildman–Crippen LogP) is 4.09. The quantitative estimate of drug-likeness (QED) is 0.797. The van der Waals surface area contributed by atoms with Crippen LogP contribution in [0.5, 0.6) is 5.75 Å². The first-order valence-corrected chi connectivity index (χ1v) is 5.68. The zero-order valence-corrected chi connectivity index (χ0v) is 10.7. The molecule has 0 saturated heterocycles. The molecule has 3 nitrogen and oxygen atoms in total. The highest BCUT2D eigenvalue weighted by molar-refractivity contribution is 5.73. The summed E-state index contributed by atoms with van der Waals surface area (Å²) >= 11 is 0. The van der Waals surface area contributed by atoms with Crippen LogP contribution >= 0.6 is 0 Å². The fraction of sp³-hybridized carbons (Fsp3) is 0.214. The van der Waals surface area contributed by atoms with Gasteiger partial charge in [0.2, 0.25) is 0 Å². The summed E-state index contributed by atoms with van der Waals surface area (Å²) in [5.74, 6) is 0.0359. The van der Waals surface area contributed by atoms with Gasteiger partial charge in [-0.05, 0) is 36.8 Å². The van der Waals surface area contributed by atoms with E-state index >= 15 is 0 Å². The number of methoxy groups -OCH3 is 1. The molecule has 0 radical (unpaired) electrons. The second-order valence-corrected chi connectivity index (χ2v) is 4.19. The number of aldehydes is 1. The van der Waals surface area contributed by atoms with Gasteiger partial charge in [-0.25, -0.2) is 0 Å². The molecule has 1 heterocycles. The Morgan fingerprint density at radius 3 is 2.45 bits per heavy atom. The molecule has 0 bridgehead atoms. The van der Waals surface area contributed by atoms with Crippen LogP contribution < -0.4 is 4.74 Å². The summed E-state index contributed by atoms with van der Waals surface area (Å²) in [5.41, 5.74) is -0.302. The molecule has 0 aliphatic carbocycles. The van der Waals surface area contributed by atoms with Gasteiger partial charge in [-0.15, -0.1) is 0 Å². The Bertz CT molecular complexity index is 642. The maximum absolute atomic E-state index is 13.0. The van der Waals surface area contributed by atoms with E-state index in [4.69, 9.17) is 9.15 Å². The van der Waals surface area contributed by atoms with Gasteiger partial charge < -0.3 is 9.15 Å². The zero-order valence-electron chi connectivity index (χ0n) is 10.7. The Morgan fingerprint density at radius 1 is 1.25 bits per heavy atom. The first-order chi connectivity index (χ1) is 9.36. The smallest absolute Gasteiger partial charge is 0.419 e. The van der Waals surface area contributed by atoms with Gasteiger partial charge in [0.25, 0.3) is 0 Å². The lowest BCUT2D eigenvalue weighted by Gasteiger charge is -2.15. The van der Waals surface area contributed by atoms with Crippen LogP contribution in [0, 0.1) is 6.92 Å². The van der Waals surface area contributed by atoms with Gasteiger partial charge in [0, 0.05) is 5.56 Å². The lowest BCUT2D eigenvalue weighted by atomic mass is 10.0. The second kappa shape index (κ2) is 5.03. The standard InChI is InChI=1S/C14H11F3O3/c1-8-5-9(12-4-3-10(7-18)20-12)6-11(13(8)19-2)14(15,16)17/h3-7H,1-2H3. The summed E-state index contributed by atoms with van der Waals surface area (Å²) in [6.45, 7) is 1.52. The number of furan rings is 1. The van der Waals surface area contributed by atoms with Gasteiger partial charge in [-0.3, -0.25) is 4.79 Å². The van der Waals surface area contributed by atoms with Crippen molar-refractivity contribution in [3.63, 3.8) is 0 Å². The van der Waals surface area contributed by atoms with Crippen molar-refractivity contribution in [2.24, 2.45) is 0 Å². The van der Waals surface area contributed by atoms with E-state index in [2.05, 4.69) is 0 Å². The molecule has 0 unspecified atom stereocenters. The molecule has 0 aliphatic rings. The van der Waals surface area contributed by atoms with Crippen LogP contribution in [0.25, 0.3) is 11.3 Å². The Morgan fingerprint density at radius 2 is 1.95 bits per heavy atom. The molecule has 0 atom stereocenters. The summed E-state index contributed by atoms with van der Waals surface area (Å²) < 4.78 is 49.0. The number of alkyl halides is 3. The minimum absolute atomic E-state index is 0.0574. The van der Waals surface area contributed by atoms with Gasteiger partial charge >= 0.3 is 6.18 Å². The van der Waals surface area contributed by atoms with E-state index in [9.17, 15) is 18.0 Å². The van der Waals surface area contributed by atoms with E-state index in [1.165, 1.54) is 32.2 Å². The first-order valence-electron chi connectivity index (χ1n) is 5.68. The second-order valence-electron chi connectivity index (χ2n) is 4.19. The monoisotopic (exact) mass is 284 g/mol. The summed E-state index contributed by atoms with van der Waals surface area (Å²) in [5, 5.41) is 0. The molecule has 106 valence electrons. The van der Waals surface area contributed by atoms with Crippen LogP contribution in [0.4, 0.5) is 13.2 Å². The van der Waals surface area contributed by atoms with Gasteiger partial charge in [0.05, 0.1) is 12.7 Å². The first kappa shape index (κ1) is 14.2. The summed E-state index contributed by atoms with van der Waals surface area (Å²) in [6.07, 6.45) is -4.04. The maximum atomic E-state index is 13.0. The molecule has 20 heavy (non-hydrogen) atoms. The Balaban J connectivity index is 2.61. The van der Waals surface area contributed by atoms with Crippen molar-refractivity contribution >= 4 is 6.29 Å². The van der Waals surface area contributed by atoms with Gasteiger partial charge in [-0.2, -0.15) is 13.2 Å². The average molecular weight is 284 g/mol. The topological polar surface area (TPSA) is 39.4 Å². The molecule has 0 saturated carbocycles. The number of halogens is 3. The summed E-state index contributed by atoms with van der Waals surface area (Å²) in [6, 6.07) is 5.31. The van der Waals surface area contributed by atoms with E-state index in [-0.39, 0.29) is 22.8 Å². The van der Waals surface area contributed by atoms with E-state index in [0.717, 1.165) is 6.07 Å². The fourth-order valence-electron chi connectivity index (χ4n) is 1.97. The van der Waals surface area contributed by atoms with Gasteiger partial charge in [0.15, 0.2) is 12.0 Å². The largest absolute Gasteiger partial charge is 0.496 e. The highest BCUT2D eigenvalue weighted by atomic mass is 19.4. The number of carbonyl (C=O) groups excluding carboxylic acids is 1. The van der Waals surface area contributed by atoms with Crippen LogP contribution in [0.15, 0.2) is 28.7 Å². The van der Waals surface area contributed by atoms with Crippen LogP contribution in [0.1, 0.15) is 21.7 Å². The molecule has 0 N–H and O–H groups in total. The Labute approximate surface area is 113 Å². The highest BCUT2D eigenvalue weighted by Gasteiger charge is 2.35. The number of hydrogen-bond acceptors (Lipinski definition) is 3. The predicted molar refractivity (Wildman–Crippen MR) is 65.8 cm³/mol. The normalized spacial score (nSPS) is 11.4. The maximum Gasteiger partial charge on any atom is 0.419 e. The molecule has 0 spiro atoms. The molecular weight excluding hydrogens is 273 g/mol. The van der Waals surface area contributed by atoms with E-state index in [0.29, 0.717) is 11.8 Å².